The number of halogens is 2. The Morgan fingerprint density at radius 1 is 1.53 bits per heavy atom. The van der Waals surface area contributed by atoms with Gasteiger partial charge in [0.25, 0.3) is 0 Å². The van der Waals surface area contributed by atoms with Crippen molar-refractivity contribution in [2.24, 2.45) is 0 Å². The Labute approximate surface area is 116 Å². The number of aromatic nitrogens is 1. The summed E-state index contributed by atoms with van der Waals surface area (Å²) in [5.74, 6) is 0.708. The summed E-state index contributed by atoms with van der Waals surface area (Å²) < 4.78 is 6.08. The smallest absolute Gasteiger partial charge is 0.129 e. The number of thiazole rings is 1. The first-order valence-electron chi connectivity index (χ1n) is 4.75. The number of benzene rings is 1. The molecular formula is C11H9BrClNO2S. The van der Waals surface area contributed by atoms with Crippen molar-refractivity contribution in [3.63, 3.8) is 0 Å². The van der Waals surface area contributed by atoms with Gasteiger partial charge in [-0.25, -0.2) is 4.98 Å². The Balaban J connectivity index is 2.54. The van der Waals surface area contributed by atoms with Gasteiger partial charge in [0, 0.05) is 5.02 Å². The summed E-state index contributed by atoms with van der Waals surface area (Å²) in [5.41, 5.74) is 1.44. The van der Waals surface area contributed by atoms with Crippen LogP contribution in [0.25, 0.3) is 10.6 Å². The zero-order chi connectivity index (χ0) is 12.4. The lowest BCUT2D eigenvalue weighted by molar-refractivity contribution is 0.277. The quantitative estimate of drug-likeness (QED) is 0.930. The van der Waals surface area contributed by atoms with Crippen LogP contribution in [0.4, 0.5) is 0 Å². The summed E-state index contributed by atoms with van der Waals surface area (Å²) >= 11 is 10.8. The lowest BCUT2D eigenvalue weighted by Crippen LogP contribution is -1.88. The van der Waals surface area contributed by atoms with Crippen molar-refractivity contribution in [1.29, 1.82) is 0 Å². The molecule has 90 valence electrons. The van der Waals surface area contributed by atoms with Crippen LogP contribution in [0.1, 0.15) is 5.69 Å². The van der Waals surface area contributed by atoms with Crippen molar-refractivity contribution in [3.8, 4) is 16.3 Å². The molecule has 0 unspecified atom stereocenters. The number of hydrogen-bond donors (Lipinski definition) is 1. The minimum atomic E-state index is -0.0973. The fraction of sp³-hybridized carbons (Fsp3) is 0.182. The first-order chi connectivity index (χ1) is 8.15. The minimum absolute atomic E-state index is 0.0973. The molecular weight excluding hydrogens is 326 g/mol. The van der Waals surface area contributed by atoms with Gasteiger partial charge in [-0.1, -0.05) is 11.6 Å². The van der Waals surface area contributed by atoms with E-state index in [1.165, 1.54) is 11.3 Å². The van der Waals surface area contributed by atoms with Gasteiger partial charge in [0.2, 0.25) is 0 Å². The molecule has 0 aliphatic rings. The third-order valence-electron chi connectivity index (χ3n) is 2.19. The third kappa shape index (κ3) is 2.63. The Morgan fingerprint density at radius 2 is 2.29 bits per heavy atom. The first-order valence-corrected chi connectivity index (χ1v) is 6.74. The molecule has 0 aliphatic heterocycles. The number of nitrogens with zero attached hydrogens (tertiary/aromatic N) is 1. The van der Waals surface area contributed by atoms with Gasteiger partial charge in [0.1, 0.15) is 10.8 Å². The Kier molecular flexibility index (Phi) is 4.04. The SMILES string of the molecule is COc1ccc(Cl)cc1-c1nc(CO)c(Br)s1. The van der Waals surface area contributed by atoms with E-state index in [1.807, 2.05) is 0 Å². The van der Waals surface area contributed by atoms with E-state index >= 15 is 0 Å². The zero-order valence-electron chi connectivity index (χ0n) is 8.91. The first kappa shape index (κ1) is 12.8. The molecule has 2 aromatic rings. The molecule has 0 fully saturated rings. The van der Waals surface area contributed by atoms with Gasteiger partial charge in [-0.15, -0.1) is 11.3 Å². The van der Waals surface area contributed by atoms with Crippen molar-refractivity contribution in [2.45, 2.75) is 6.61 Å². The molecule has 3 nitrogen and oxygen atoms in total. The van der Waals surface area contributed by atoms with Crippen LogP contribution in [0, 0.1) is 0 Å². The normalized spacial score (nSPS) is 10.6. The number of hydrogen-bond acceptors (Lipinski definition) is 4. The van der Waals surface area contributed by atoms with E-state index in [0.717, 1.165) is 14.4 Å². The molecule has 0 spiro atoms. The van der Waals surface area contributed by atoms with Crippen LogP contribution < -0.4 is 4.74 Å². The molecule has 1 aromatic heterocycles. The largest absolute Gasteiger partial charge is 0.496 e. The van der Waals surface area contributed by atoms with Crippen molar-refractivity contribution >= 4 is 38.9 Å². The Morgan fingerprint density at radius 3 is 2.88 bits per heavy atom. The summed E-state index contributed by atoms with van der Waals surface area (Å²) in [4.78, 5) is 4.33. The van der Waals surface area contributed by atoms with Gasteiger partial charge in [0.15, 0.2) is 0 Å². The average Bonchev–Trinajstić information content (AvgIpc) is 2.70. The summed E-state index contributed by atoms with van der Waals surface area (Å²) in [6.07, 6.45) is 0. The average molecular weight is 335 g/mol. The minimum Gasteiger partial charge on any atom is -0.496 e. The lowest BCUT2D eigenvalue weighted by Gasteiger charge is -2.05. The highest BCUT2D eigenvalue weighted by Gasteiger charge is 2.14. The van der Waals surface area contributed by atoms with E-state index in [9.17, 15) is 0 Å². The number of methoxy groups -OCH3 is 1. The van der Waals surface area contributed by atoms with Crippen LogP contribution >= 0.6 is 38.9 Å². The van der Waals surface area contributed by atoms with E-state index < -0.39 is 0 Å². The highest BCUT2D eigenvalue weighted by atomic mass is 79.9. The highest BCUT2D eigenvalue weighted by molar-refractivity contribution is 9.11. The van der Waals surface area contributed by atoms with Gasteiger partial charge in [0.05, 0.1) is 28.8 Å². The van der Waals surface area contributed by atoms with Gasteiger partial charge in [-0.05, 0) is 34.1 Å². The van der Waals surface area contributed by atoms with E-state index in [1.54, 1.807) is 25.3 Å². The van der Waals surface area contributed by atoms with E-state index in [2.05, 4.69) is 20.9 Å². The summed E-state index contributed by atoms with van der Waals surface area (Å²) in [7, 11) is 1.60. The second-order valence-electron chi connectivity index (χ2n) is 3.24. The maximum absolute atomic E-state index is 9.12. The monoisotopic (exact) mass is 333 g/mol. The van der Waals surface area contributed by atoms with Crippen LogP contribution in [0.3, 0.4) is 0 Å². The molecule has 0 saturated carbocycles. The molecule has 17 heavy (non-hydrogen) atoms. The molecule has 6 heteroatoms. The number of ether oxygens (including phenoxy) is 1. The number of aliphatic hydroxyl groups is 1. The van der Waals surface area contributed by atoms with Gasteiger partial charge in [-0.3, -0.25) is 0 Å². The molecule has 0 amide bonds. The topological polar surface area (TPSA) is 42.4 Å². The predicted molar refractivity (Wildman–Crippen MR) is 72.7 cm³/mol. The Hall–Kier alpha value is -0.620. The van der Waals surface area contributed by atoms with Crippen molar-refractivity contribution in [2.75, 3.05) is 7.11 Å². The van der Waals surface area contributed by atoms with Crippen LogP contribution in [-0.4, -0.2) is 17.2 Å². The molecule has 2 rings (SSSR count). The maximum Gasteiger partial charge on any atom is 0.129 e. The highest BCUT2D eigenvalue weighted by Crippen LogP contribution is 2.38. The maximum atomic E-state index is 9.12. The number of aliphatic hydroxyl groups excluding tert-OH is 1. The predicted octanol–water partition coefficient (Wildman–Crippen LogP) is 3.73. The molecule has 0 bridgehead atoms. The van der Waals surface area contributed by atoms with Crippen LogP contribution in [-0.2, 0) is 6.61 Å². The molecule has 1 heterocycles. The van der Waals surface area contributed by atoms with Gasteiger partial charge < -0.3 is 9.84 Å². The molecule has 0 saturated heterocycles. The fourth-order valence-electron chi connectivity index (χ4n) is 1.39. The second-order valence-corrected chi connectivity index (χ2v) is 6.00. The van der Waals surface area contributed by atoms with E-state index in [0.29, 0.717) is 16.5 Å². The van der Waals surface area contributed by atoms with E-state index in [-0.39, 0.29) is 6.61 Å². The fourth-order valence-corrected chi connectivity index (χ4v) is 3.06. The second kappa shape index (κ2) is 5.35. The zero-order valence-corrected chi connectivity index (χ0v) is 12.1. The van der Waals surface area contributed by atoms with Crippen LogP contribution in [0.5, 0.6) is 5.75 Å². The molecule has 1 N–H and O–H groups in total. The molecule has 1 aromatic carbocycles. The van der Waals surface area contributed by atoms with E-state index in [4.69, 9.17) is 21.4 Å². The van der Waals surface area contributed by atoms with Crippen molar-refractivity contribution < 1.29 is 9.84 Å². The number of rotatable bonds is 3. The van der Waals surface area contributed by atoms with Crippen molar-refractivity contribution in [1.82, 2.24) is 4.98 Å². The van der Waals surface area contributed by atoms with Crippen molar-refractivity contribution in [3.05, 3.63) is 32.7 Å². The third-order valence-corrected chi connectivity index (χ3v) is 4.29. The van der Waals surface area contributed by atoms with Gasteiger partial charge in [-0.2, -0.15) is 0 Å². The lowest BCUT2D eigenvalue weighted by atomic mass is 10.2. The summed E-state index contributed by atoms with van der Waals surface area (Å²) in [6, 6.07) is 5.36. The molecule has 0 aliphatic carbocycles. The molecule has 0 atom stereocenters. The summed E-state index contributed by atoms with van der Waals surface area (Å²) in [6.45, 7) is -0.0973. The Bertz CT molecular complexity index is 544. The standard InChI is InChI=1S/C11H9BrClNO2S/c1-16-9-3-2-6(13)4-7(9)11-14-8(5-15)10(12)17-11/h2-4,15H,5H2,1H3. The summed E-state index contributed by atoms with van der Waals surface area (Å²) in [5, 5.41) is 10.5. The van der Waals surface area contributed by atoms with Crippen LogP contribution in [0.2, 0.25) is 5.02 Å². The van der Waals surface area contributed by atoms with Crippen LogP contribution in [0.15, 0.2) is 22.0 Å². The van der Waals surface area contributed by atoms with Gasteiger partial charge >= 0.3 is 0 Å². The molecule has 0 radical (unpaired) electrons.